The van der Waals surface area contributed by atoms with E-state index in [9.17, 15) is 24.6 Å². The van der Waals surface area contributed by atoms with E-state index < -0.39 is 32.1 Å². The van der Waals surface area contributed by atoms with Gasteiger partial charge >= 0.3 is 12.1 Å². The number of carboxylic acid groups (broad SMARTS) is 1. The second-order valence-corrected chi connectivity index (χ2v) is 17.8. The second-order valence-electron chi connectivity index (χ2n) is 13.1. The molecule has 0 spiro atoms. The molecule has 3 N–H and O–H groups in total. The van der Waals surface area contributed by atoms with Crippen molar-refractivity contribution in [1.82, 2.24) is 9.88 Å². The van der Waals surface area contributed by atoms with Gasteiger partial charge in [-0.25, -0.2) is 9.59 Å². The molecule has 0 aliphatic rings. The van der Waals surface area contributed by atoms with E-state index in [1.54, 1.807) is 45.9 Å². The minimum Gasteiger partial charge on any atom is -0.506 e. The zero-order chi connectivity index (χ0) is 32.3. The number of phenolic OH excluding ortho intramolecular Hbond substituents is 1. The van der Waals surface area contributed by atoms with E-state index in [4.69, 9.17) is 13.9 Å². The summed E-state index contributed by atoms with van der Waals surface area (Å²) in [4.78, 5) is 41.7. The van der Waals surface area contributed by atoms with Crippen LogP contribution in [0.5, 0.6) is 11.5 Å². The Morgan fingerprint density at radius 3 is 2.28 bits per heavy atom. The Bertz CT molecular complexity index is 1540. The number of benzene rings is 2. The molecule has 2 aromatic carbocycles. The summed E-state index contributed by atoms with van der Waals surface area (Å²) in [7, 11) is -2.45. The quantitative estimate of drug-likeness (QED) is 0.212. The van der Waals surface area contributed by atoms with E-state index in [1.165, 1.54) is 29.2 Å². The van der Waals surface area contributed by atoms with Gasteiger partial charge in [0.05, 0.1) is 36.9 Å². The van der Waals surface area contributed by atoms with Crippen LogP contribution in [0, 0.1) is 0 Å². The van der Waals surface area contributed by atoms with Gasteiger partial charge in [-0.05, 0) is 75.7 Å². The van der Waals surface area contributed by atoms with Crippen molar-refractivity contribution in [3.05, 3.63) is 69.5 Å². The molecule has 1 unspecified atom stereocenters. The van der Waals surface area contributed by atoms with E-state index in [0.29, 0.717) is 28.9 Å². The van der Waals surface area contributed by atoms with Crippen LogP contribution in [0.2, 0.25) is 18.1 Å². The predicted octanol–water partition coefficient (Wildman–Crippen LogP) is 6.83. The number of aromatic amines is 1. The minimum atomic E-state index is -2.45. The van der Waals surface area contributed by atoms with Crippen LogP contribution in [-0.4, -0.2) is 59.2 Å². The number of carboxylic acids is 1. The van der Waals surface area contributed by atoms with E-state index in [0.717, 1.165) is 0 Å². The molecule has 1 atom stereocenters. The molecule has 43 heavy (non-hydrogen) atoms. The normalized spacial score (nSPS) is 13.0. The smallest absolute Gasteiger partial charge is 0.410 e. The highest BCUT2D eigenvalue weighted by molar-refractivity contribution is 6.74. The number of aromatic carboxylic acids is 1. The number of hydrogen-bond donors (Lipinski definition) is 3. The molecule has 3 aromatic rings. The van der Waals surface area contributed by atoms with Gasteiger partial charge in [0, 0.05) is 17.0 Å². The first kappa shape index (κ1) is 33.7. The largest absolute Gasteiger partial charge is 0.506 e. The molecular weight excluding hydrogens is 568 g/mol. The van der Waals surface area contributed by atoms with Crippen molar-refractivity contribution in [3.8, 4) is 11.5 Å². The first-order chi connectivity index (χ1) is 19.8. The molecule has 0 saturated heterocycles. The standard InChI is InChI=1S/C32H44N2O8Si/c1-10-40-25-17-20(29(37)38)11-12-21(25)18-34(30(39)41-31(2,3)4)19-26(42-43(8,9)32(5,6)7)22-13-15-24(35)28-23(22)14-16-27(36)33-28/h11-17,26,35H,10,18-19H2,1-9H3,(H,33,36)(H,37,38). The number of phenols is 1. The van der Waals surface area contributed by atoms with Crippen molar-refractivity contribution in [2.75, 3.05) is 13.2 Å². The molecule has 234 valence electrons. The number of nitrogens with one attached hydrogen (secondary N) is 1. The predicted molar refractivity (Wildman–Crippen MR) is 168 cm³/mol. The number of carbonyl (C=O) groups is 2. The molecule has 1 amide bonds. The van der Waals surface area contributed by atoms with Gasteiger partial charge in [-0.15, -0.1) is 0 Å². The number of pyridine rings is 1. The number of ether oxygens (including phenoxy) is 2. The molecule has 0 fully saturated rings. The zero-order valence-corrected chi connectivity index (χ0v) is 27.5. The lowest BCUT2D eigenvalue weighted by molar-refractivity contribution is 0.0136. The van der Waals surface area contributed by atoms with Gasteiger partial charge in [0.25, 0.3) is 0 Å². The summed E-state index contributed by atoms with van der Waals surface area (Å²) in [5.41, 5.74) is 0.495. The number of H-pyrrole nitrogens is 1. The number of aromatic nitrogens is 1. The summed E-state index contributed by atoms with van der Waals surface area (Å²) >= 11 is 0. The third kappa shape index (κ3) is 8.38. The molecule has 0 bridgehead atoms. The lowest BCUT2D eigenvalue weighted by Crippen LogP contribution is -2.45. The van der Waals surface area contributed by atoms with Crippen LogP contribution in [-0.2, 0) is 15.7 Å². The van der Waals surface area contributed by atoms with Crippen LogP contribution in [0.15, 0.2) is 47.3 Å². The summed E-state index contributed by atoms with van der Waals surface area (Å²) in [6.45, 7) is 18.1. The van der Waals surface area contributed by atoms with Gasteiger partial charge in [0.1, 0.15) is 17.1 Å². The van der Waals surface area contributed by atoms with Crippen LogP contribution in [0.25, 0.3) is 10.9 Å². The van der Waals surface area contributed by atoms with Crippen molar-refractivity contribution in [2.24, 2.45) is 0 Å². The third-order valence-corrected chi connectivity index (χ3v) is 12.0. The third-order valence-electron chi connectivity index (χ3n) is 7.51. The lowest BCUT2D eigenvalue weighted by Gasteiger charge is -2.41. The number of fused-ring (bicyclic) bond motifs is 1. The van der Waals surface area contributed by atoms with Gasteiger partial charge in [0.2, 0.25) is 5.56 Å². The number of rotatable bonds is 10. The van der Waals surface area contributed by atoms with Gasteiger partial charge in [-0.3, -0.25) is 4.79 Å². The fourth-order valence-electron chi connectivity index (χ4n) is 4.32. The highest BCUT2D eigenvalue weighted by Crippen LogP contribution is 2.42. The Kier molecular flexibility index (Phi) is 10.0. The van der Waals surface area contributed by atoms with Crippen molar-refractivity contribution >= 4 is 31.3 Å². The Morgan fingerprint density at radius 2 is 1.70 bits per heavy atom. The summed E-state index contributed by atoms with van der Waals surface area (Å²) in [5.74, 6) is -0.812. The Balaban J connectivity index is 2.18. The Morgan fingerprint density at radius 1 is 1.02 bits per heavy atom. The molecule has 1 aromatic heterocycles. The SMILES string of the molecule is CCOc1cc(C(=O)O)ccc1CN(CC(O[Si](C)(C)C(C)(C)C)c1ccc(O)c2[nH]c(=O)ccc12)C(=O)OC(C)(C)C. The average Bonchev–Trinajstić information content (AvgIpc) is 2.87. The highest BCUT2D eigenvalue weighted by Gasteiger charge is 2.41. The molecule has 0 saturated carbocycles. The number of aromatic hydroxyl groups is 1. The monoisotopic (exact) mass is 612 g/mol. The Labute approximate surface area is 253 Å². The average molecular weight is 613 g/mol. The van der Waals surface area contributed by atoms with E-state index in [2.05, 4.69) is 38.8 Å². The Hall–Kier alpha value is -3.83. The van der Waals surface area contributed by atoms with Gasteiger partial charge < -0.3 is 34.0 Å². The molecule has 11 heteroatoms. The van der Waals surface area contributed by atoms with Crippen molar-refractivity contribution < 1.29 is 33.7 Å². The molecule has 0 aliphatic heterocycles. The van der Waals surface area contributed by atoms with Gasteiger partial charge in [-0.2, -0.15) is 0 Å². The second kappa shape index (κ2) is 12.8. The number of hydrogen-bond acceptors (Lipinski definition) is 7. The van der Waals surface area contributed by atoms with Gasteiger partial charge in [0.15, 0.2) is 8.32 Å². The van der Waals surface area contributed by atoms with Crippen LogP contribution in [0.1, 0.15) is 76.1 Å². The highest BCUT2D eigenvalue weighted by atomic mass is 28.4. The number of amides is 1. The van der Waals surface area contributed by atoms with Crippen LogP contribution in [0.3, 0.4) is 0 Å². The molecular formula is C32H44N2O8Si. The fraction of sp³-hybridized carbons (Fsp3) is 0.469. The van der Waals surface area contributed by atoms with Gasteiger partial charge in [-0.1, -0.05) is 32.9 Å². The van der Waals surface area contributed by atoms with Crippen LogP contribution < -0.4 is 10.3 Å². The lowest BCUT2D eigenvalue weighted by atomic mass is 10.0. The topological polar surface area (TPSA) is 138 Å². The maximum Gasteiger partial charge on any atom is 0.410 e. The summed E-state index contributed by atoms with van der Waals surface area (Å²) in [6, 6.07) is 10.8. The summed E-state index contributed by atoms with van der Waals surface area (Å²) < 4.78 is 18.5. The van der Waals surface area contributed by atoms with E-state index in [-0.39, 0.29) is 40.5 Å². The van der Waals surface area contributed by atoms with E-state index in [1.807, 2.05) is 0 Å². The zero-order valence-electron chi connectivity index (χ0n) is 26.5. The van der Waals surface area contributed by atoms with Crippen molar-refractivity contribution in [1.29, 1.82) is 0 Å². The minimum absolute atomic E-state index is 0.0500. The number of nitrogens with zero attached hydrogens (tertiary/aromatic N) is 1. The molecule has 1 heterocycles. The first-order valence-electron chi connectivity index (χ1n) is 14.3. The maximum atomic E-state index is 13.7. The van der Waals surface area contributed by atoms with Crippen molar-refractivity contribution in [3.63, 3.8) is 0 Å². The molecule has 10 nitrogen and oxygen atoms in total. The van der Waals surface area contributed by atoms with Crippen LogP contribution >= 0.6 is 0 Å². The number of carbonyl (C=O) groups excluding carboxylic acids is 1. The molecule has 3 rings (SSSR count). The molecule has 0 aliphatic carbocycles. The first-order valence-corrected chi connectivity index (χ1v) is 17.2. The fourth-order valence-corrected chi connectivity index (χ4v) is 5.58. The van der Waals surface area contributed by atoms with Crippen molar-refractivity contribution in [2.45, 2.75) is 84.8 Å². The van der Waals surface area contributed by atoms with Crippen LogP contribution in [0.4, 0.5) is 4.79 Å². The van der Waals surface area contributed by atoms with E-state index >= 15 is 0 Å². The summed E-state index contributed by atoms with van der Waals surface area (Å²) in [5, 5.41) is 20.5. The maximum absolute atomic E-state index is 13.7. The molecule has 0 radical (unpaired) electrons. The summed E-state index contributed by atoms with van der Waals surface area (Å²) in [6.07, 6.45) is -1.26.